The van der Waals surface area contributed by atoms with Crippen molar-refractivity contribution in [3.05, 3.63) is 34.7 Å². The quantitative estimate of drug-likeness (QED) is 0.902. The molecule has 0 saturated carbocycles. The van der Waals surface area contributed by atoms with Crippen LogP contribution < -0.4 is 5.32 Å². The van der Waals surface area contributed by atoms with E-state index in [-0.39, 0.29) is 6.04 Å². The summed E-state index contributed by atoms with van der Waals surface area (Å²) >= 11 is 1.71. The first-order valence-corrected chi connectivity index (χ1v) is 6.52. The van der Waals surface area contributed by atoms with E-state index in [9.17, 15) is 0 Å². The van der Waals surface area contributed by atoms with Crippen molar-refractivity contribution >= 4 is 17.2 Å². The molecule has 4 nitrogen and oxygen atoms in total. The normalized spacial score (nSPS) is 12.7. The van der Waals surface area contributed by atoms with Gasteiger partial charge in [0.15, 0.2) is 0 Å². The highest BCUT2D eigenvalue weighted by molar-refractivity contribution is 7.09. The van der Waals surface area contributed by atoms with E-state index in [0.717, 1.165) is 11.5 Å². The number of hydrogen-bond donors (Lipinski definition) is 1. The van der Waals surface area contributed by atoms with Crippen molar-refractivity contribution in [1.29, 1.82) is 0 Å². The summed E-state index contributed by atoms with van der Waals surface area (Å²) in [6.07, 6.45) is 5.05. The van der Waals surface area contributed by atoms with Gasteiger partial charge in [-0.3, -0.25) is 4.98 Å². The second kappa shape index (κ2) is 5.23. The predicted molar refractivity (Wildman–Crippen MR) is 70.3 cm³/mol. The number of hydrogen-bond acceptors (Lipinski definition) is 5. The van der Waals surface area contributed by atoms with Gasteiger partial charge in [0.1, 0.15) is 5.82 Å². The van der Waals surface area contributed by atoms with Crippen LogP contribution in [0.15, 0.2) is 24.0 Å². The highest BCUT2D eigenvalue weighted by atomic mass is 32.1. The van der Waals surface area contributed by atoms with Crippen molar-refractivity contribution in [2.45, 2.75) is 32.7 Å². The van der Waals surface area contributed by atoms with Crippen LogP contribution in [0.25, 0.3) is 0 Å². The zero-order valence-corrected chi connectivity index (χ0v) is 11.0. The molecule has 90 valence electrons. The summed E-state index contributed by atoms with van der Waals surface area (Å²) in [5, 5.41) is 6.56. The summed E-state index contributed by atoms with van der Waals surface area (Å²) in [6, 6.07) is 0.149. The molecule has 0 saturated heterocycles. The van der Waals surface area contributed by atoms with E-state index < -0.39 is 0 Å². The van der Waals surface area contributed by atoms with Crippen LogP contribution in [-0.2, 0) is 0 Å². The molecule has 1 atom stereocenters. The van der Waals surface area contributed by atoms with Crippen LogP contribution in [0.5, 0.6) is 0 Å². The van der Waals surface area contributed by atoms with E-state index in [1.807, 2.05) is 0 Å². The molecule has 2 aromatic rings. The summed E-state index contributed by atoms with van der Waals surface area (Å²) in [6.45, 7) is 6.39. The van der Waals surface area contributed by atoms with E-state index in [1.165, 1.54) is 5.01 Å². The third kappa shape index (κ3) is 3.00. The minimum absolute atomic E-state index is 0.149. The average molecular weight is 248 g/mol. The fraction of sp³-hybridized carbons (Fsp3) is 0.417. The lowest BCUT2D eigenvalue weighted by Crippen LogP contribution is -2.08. The van der Waals surface area contributed by atoms with Crippen molar-refractivity contribution in [1.82, 2.24) is 15.0 Å². The van der Waals surface area contributed by atoms with Gasteiger partial charge in [0.05, 0.1) is 22.9 Å². The lowest BCUT2D eigenvalue weighted by Gasteiger charge is -2.11. The molecule has 0 spiro atoms. The largest absolute Gasteiger partial charge is 0.361 e. The fourth-order valence-corrected chi connectivity index (χ4v) is 2.36. The van der Waals surface area contributed by atoms with Gasteiger partial charge in [-0.05, 0) is 6.92 Å². The summed E-state index contributed by atoms with van der Waals surface area (Å²) < 4.78 is 0. The summed E-state index contributed by atoms with van der Waals surface area (Å²) in [7, 11) is 0. The van der Waals surface area contributed by atoms with Crippen LogP contribution >= 0.6 is 11.3 Å². The van der Waals surface area contributed by atoms with Crippen LogP contribution in [0, 0.1) is 0 Å². The topological polar surface area (TPSA) is 50.7 Å². The van der Waals surface area contributed by atoms with Crippen LogP contribution in [0.1, 0.15) is 43.4 Å². The van der Waals surface area contributed by atoms with Gasteiger partial charge in [0.25, 0.3) is 0 Å². The minimum atomic E-state index is 0.149. The summed E-state index contributed by atoms with van der Waals surface area (Å²) in [5.41, 5.74) is 1.06. The summed E-state index contributed by atoms with van der Waals surface area (Å²) in [4.78, 5) is 12.8. The molecule has 0 aliphatic heterocycles. The maximum atomic E-state index is 4.61. The second-order valence-electron chi connectivity index (χ2n) is 4.22. The Labute approximate surface area is 105 Å². The third-order valence-electron chi connectivity index (χ3n) is 2.40. The lowest BCUT2D eigenvalue weighted by molar-refractivity contribution is 0.797. The second-order valence-corrected chi connectivity index (χ2v) is 5.11. The molecule has 2 rings (SSSR count). The summed E-state index contributed by atoms with van der Waals surface area (Å²) in [5.74, 6) is 1.26. The van der Waals surface area contributed by atoms with Crippen LogP contribution in [0.2, 0.25) is 0 Å². The standard InChI is InChI=1S/C12H16N4S/c1-8(2)12-16-10(7-17-12)9(3)15-11-6-13-4-5-14-11/h4-9H,1-3H3,(H,14,15). The molecule has 0 bridgehead atoms. The van der Waals surface area contributed by atoms with E-state index in [4.69, 9.17) is 0 Å². The number of anilines is 1. The lowest BCUT2D eigenvalue weighted by atomic mass is 10.2. The van der Waals surface area contributed by atoms with Gasteiger partial charge in [0, 0.05) is 23.7 Å². The number of rotatable bonds is 4. The Bertz CT molecular complexity index is 466. The van der Waals surface area contributed by atoms with E-state index in [2.05, 4.69) is 46.4 Å². The minimum Gasteiger partial charge on any atom is -0.361 e. The van der Waals surface area contributed by atoms with Crippen molar-refractivity contribution in [2.24, 2.45) is 0 Å². The molecule has 0 amide bonds. The Morgan fingerprint density at radius 3 is 2.65 bits per heavy atom. The Morgan fingerprint density at radius 1 is 1.24 bits per heavy atom. The van der Waals surface area contributed by atoms with Gasteiger partial charge in [-0.2, -0.15) is 0 Å². The smallest absolute Gasteiger partial charge is 0.144 e. The number of nitrogens with zero attached hydrogens (tertiary/aromatic N) is 3. The molecule has 0 aliphatic carbocycles. The molecular weight excluding hydrogens is 232 g/mol. The van der Waals surface area contributed by atoms with Gasteiger partial charge in [0.2, 0.25) is 0 Å². The van der Waals surface area contributed by atoms with Crippen molar-refractivity contribution in [3.63, 3.8) is 0 Å². The Kier molecular flexibility index (Phi) is 3.68. The molecule has 1 unspecified atom stereocenters. The van der Waals surface area contributed by atoms with Crippen LogP contribution in [0.3, 0.4) is 0 Å². The van der Waals surface area contributed by atoms with E-state index >= 15 is 0 Å². The van der Waals surface area contributed by atoms with Gasteiger partial charge in [-0.25, -0.2) is 9.97 Å². The van der Waals surface area contributed by atoms with E-state index in [0.29, 0.717) is 5.92 Å². The van der Waals surface area contributed by atoms with Gasteiger partial charge in [-0.1, -0.05) is 13.8 Å². The van der Waals surface area contributed by atoms with Crippen molar-refractivity contribution in [3.8, 4) is 0 Å². The van der Waals surface area contributed by atoms with Gasteiger partial charge >= 0.3 is 0 Å². The third-order valence-corrected chi connectivity index (χ3v) is 3.57. The molecule has 17 heavy (non-hydrogen) atoms. The first kappa shape index (κ1) is 12.0. The Hall–Kier alpha value is -1.49. The maximum Gasteiger partial charge on any atom is 0.144 e. The zero-order chi connectivity index (χ0) is 12.3. The molecule has 0 aromatic carbocycles. The van der Waals surface area contributed by atoms with Crippen molar-refractivity contribution in [2.75, 3.05) is 5.32 Å². The molecule has 0 fully saturated rings. The number of nitrogens with one attached hydrogen (secondary N) is 1. The Morgan fingerprint density at radius 2 is 2.06 bits per heavy atom. The molecular formula is C12H16N4S. The molecule has 0 aliphatic rings. The average Bonchev–Trinajstić information content (AvgIpc) is 2.79. The monoisotopic (exact) mass is 248 g/mol. The zero-order valence-electron chi connectivity index (χ0n) is 10.2. The maximum absolute atomic E-state index is 4.61. The first-order chi connectivity index (χ1) is 8.16. The number of thiazole rings is 1. The van der Waals surface area contributed by atoms with Gasteiger partial charge in [-0.15, -0.1) is 11.3 Å². The molecule has 1 N–H and O–H groups in total. The molecule has 0 radical (unpaired) electrons. The Balaban J connectivity index is 2.07. The SMILES string of the molecule is CC(C)c1nc(C(C)Nc2cnccn2)cs1. The first-order valence-electron chi connectivity index (χ1n) is 5.64. The highest BCUT2D eigenvalue weighted by Crippen LogP contribution is 2.24. The van der Waals surface area contributed by atoms with Crippen LogP contribution in [-0.4, -0.2) is 15.0 Å². The van der Waals surface area contributed by atoms with E-state index in [1.54, 1.807) is 29.9 Å². The molecule has 2 heterocycles. The fourth-order valence-electron chi connectivity index (χ4n) is 1.43. The van der Waals surface area contributed by atoms with Gasteiger partial charge < -0.3 is 5.32 Å². The van der Waals surface area contributed by atoms with Crippen LogP contribution in [0.4, 0.5) is 5.82 Å². The molecule has 5 heteroatoms. The van der Waals surface area contributed by atoms with Crippen molar-refractivity contribution < 1.29 is 0 Å². The predicted octanol–water partition coefficient (Wildman–Crippen LogP) is 3.23. The highest BCUT2D eigenvalue weighted by Gasteiger charge is 2.12. The molecule has 2 aromatic heterocycles. The number of aromatic nitrogens is 3.